The van der Waals surface area contributed by atoms with Crippen molar-refractivity contribution in [3.05, 3.63) is 30.5 Å². The number of anilines is 1. The van der Waals surface area contributed by atoms with Gasteiger partial charge in [-0.1, -0.05) is 18.2 Å². The van der Waals surface area contributed by atoms with Gasteiger partial charge < -0.3 is 19.9 Å². The van der Waals surface area contributed by atoms with E-state index in [9.17, 15) is 4.79 Å². The van der Waals surface area contributed by atoms with Gasteiger partial charge in [-0.2, -0.15) is 0 Å². The first-order valence-corrected chi connectivity index (χ1v) is 6.22. The van der Waals surface area contributed by atoms with Crippen molar-refractivity contribution >= 4 is 22.6 Å². The van der Waals surface area contributed by atoms with E-state index in [0.717, 1.165) is 16.6 Å². The number of nitrogens with one attached hydrogen (secondary N) is 2. The van der Waals surface area contributed by atoms with E-state index < -0.39 is 0 Å². The summed E-state index contributed by atoms with van der Waals surface area (Å²) in [5.41, 5.74) is 1.89. The quantitative estimate of drug-likeness (QED) is 0.887. The second kappa shape index (κ2) is 5.75. The van der Waals surface area contributed by atoms with Gasteiger partial charge in [-0.25, -0.2) is 4.79 Å². The number of hydrogen-bond donors (Lipinski definition) is 2. The van der Waals surface area contributed by atoms with E-state index in [-0.39, 0.29) is 12.1 Å². The number of carbonyl (C=O) groups is 1. The number of ether oxygens (including phenoxy) is 1. The van der Waals surface area contributed by atoms with Crippen LogP contribution in [0, 0.1) is 0 Å². The van der Waals surface area contributed by atoms with Gasteiger partial charge in [0.15, 0.2) is 0 Å². The molecule has 102 valence electrons. The van der Waals surface area contributed by atoms with Gasteiger partial charge in [-0.15, -0.1) is 0 Å². The van der Waals surface area contributed by atoms with E-state index >= 15 is 0 Å². The molecule has 0 saturated carbocycles. The van der Waals surface area contributed by atoms with E-state index in [1.807, 2.05) is 49.0 Å². The number of aryl methyl sites for hydroxylation is 1. The third-order valence-electron chi connectivity index (χ3n) is 2.94. The highest BCUT2D eigenvalue weighted by Gasteiger charge is 2.10. The fourth-order valence-electron chi connectivity index (χ4n) is 2.12. The van der Waals surface area contributed by atoms with Crippen LogP contribution in [0.3, 0.4) is 0 Å². The van der Waals surface area contributed by atoms with Crippen LogP contribution >= 0.6 is 0 Å². The van der Waals surface area contributed by atoms with Crippen molar-refractivity contribution in [3.63, 3.8) is 0 Å². The smallest absolute Gasteiger partial charge is 0.319 e. The average Bonchev–Trinajstić information content (AvgIpc) is 2.67. The zero-order valence-corrected chi connectivity index (χ0v) is 11.4. The van der Waals surface area contributed by atoms with Crippen molar-refractivity contribution in [1.82, 2.24) is 9.88 Å². The molecule has 5 heteroatoms. The first kappa shape index (κ1) is 13.4. The second-order valence-electron chi connectivity index (χ2n) is 4.63. The zero-order valence-electron chi connectivity index (χ0n) is 11.4. The number of aromatic nitrogens is 1. The molecular formula is C14H19N3O2. The minimum Gasteiger partial charge on any atom is -0.383 e. The average molecular weight is 261 g/mol. The molecular weight excluding hydrogens is 242 g/mol. The van der Waals surface area contributed by atoms with Crippen molar-refractivity contribution in [2.45, 2.75) is 13.0 Å². The minimum absolute atomic E-state index is 0.0278. The van der Waals surface area contributed by atoms with Crippen LogP contribution < -0.4 is 10.6 Å². The van der Waals surface area contributed by atoms with Gasteiger partial charge in [0, 0.05) is 31.3 Å². The molecule has 1 atom stereocenters. The number of para-hydroxylation sites is 1. The third kappa shape index (κ3) is 3.06. The summed E-state index contributed by atoms with van der Waals surface area (Å²) in [6, 6.07) is 7.70. The Morgan fingerprint density at radius 2 is 2.16 bits per heavy atom. The molecule has 0 aliphatic carbocycles. The predicted octanol–water partition coefficient (Wildman–Crippen LogP) is 2.33. The lowest BCUT2D eigenvalue weighted by Gasteiger charge is -2.13. The molecule has 0 fully saturated rings. The first-order chi connectivity index (χ1) is 9.11. The van der Waals surface area contributed by atoms with E-state index in [0.29, 0.717) is 6.61 Å². The van der Waals surface area contributed by atoms with Crippen molar-refractivity contribution in [1.29, 1.82) is 0 Å². The molecule has 1 aromatic heterocycles. The van der Waals surface area contributed by atoms with Crippen molar-refractivity contribution in [3.8, 4) is 0 Å². The predicted molar refractivity (Wildman–Crippen MR) is 76.4 cm³/mol. The normalized spacial score (nSPS) is 12.4. The van der Waals surface area contributed by atoms with Gasteiger partial charge in [0.1, 0.15) is 0 Å². The Morgan fingerprint density at radius 3 is 2.89 bits per heavy atom. The van der Waals surface area contributed by atoms with Crippen LogP contribution in [0.25, 0.3) is 10.9 Å². The van der Waals surface area contributed by atoms with Crippen molar-refractivity contribution in [2.75, 3.05) is 19.0 Å². The van der Waals surface area contributed by atoms with Gasteiger partial charge in [0.2, 0.25) is 0 Å². The van der Waals surface area contributed by atoms with Gasteiger partial charge in [-0.3, -0.25) is 0 Å². The standard InChI is InChI=1S/C14H19N3O2/c1-10(9-19-3)15-14(18)16-12-8-17(2)13-7-5-4-6-11(12)13/h4-8,10H,9H2,1-3H3,(H2,15,16,18)/t10-/m1/s1. The lowest BCUT2D eigenvalue weighted by molar-refractivity contribution is 0.173. The number of urea groups is 1. The molecule has 19 heavy (non-hydrogen) atoms. The molecule has 2 rings (SSSR count). The monoisotopic (exact) mass is 261 g/mol. The molecule has 2 amide bonds. The summed E-state index contributed by atoms with van der Waals surface area (Å²) < 4.78 is 6.97. The Hall–Kier alpha value is -2.01. The number of benzene rings is 1. The molecule has 2 aromatic rings. The summed E-state index contributed by atoms with van der Waals surface area (Å²) in [5.74, 6) is 0. The summed E-state index contributed by atoms with van der Waals surface area (Å²) in [7, 11) is 3.57. The maximum atomic E-state index is 11.9. The van der Waals surface area contributed by atoms with Crippen LogP contribution in [-0.4, -0.2) is 30.4 Å². The molecule has 0 aliphatic rings. The van der Waals surface area contributed by atoms with Crippen LogP contribution in [0.5, 0.6) is 0 Å². The van der Waals surface area contributed by atoms with Crippen LogP contribution in [0.15, 0.2) is 30.5 Å². The van der Waals surface area contributed by atoms with Gasteiger partial charge >= 0.3 is 6.03 Å². The summed E-state index contributed by atoms with van der Waals surface area (Å²) in [6.07, 6.45) is 1.91. The Labute approximate surface area is 112 Å². The Balaban J connectivity index is 2.11. The number of nitrogens with zero attached hydrogens (tertiary/aromatic N) is 1. The minimum atomic E-state index is -0.221. The number of hydrogen-bond acceptors (Lipinski definition) is 2. The SMILES string of the molecule is COC[C@@H](C)NC(=O)Nc1cn(C)c2ccccc12. The maximum Gasteiger partial charge on any atom is 0.319 e. The number of amides is 2. The molecule has 0 aliphatic heterocycles. The fraction of sp³-hybridized carbons (Fsp3) is 0.357. The fourth-order valence-corrected chi connectivity index (χ4v) is 2.12. The lowest BCUT2D eigenvalue weighted by Crippen LogP contribution is -2.38. The number of rotatable bonds is 4. The summed E-state index contributed by atoms with van der Waals surface area (Å²) >= 11 is 0. The Bertz CT molecular complexity index is 577. The third-order valence-corrected chi connectivity index (χ3v) is 2.94. The molecule has 0 bridgehead atoms. The maximum absolute atomic E-state index is 11.9. The van der Waals surface area contributed by atoms with E-state index in [2.05, 4.69) is 10.6 Å². The lowest BCUT2D eigenvalue weighted by atomic mass is 10.2. The van der Waals surface area contributed by atoms with Gasteiger partial charge in [0.05, 0.1) is 18.3 Å². The second-order valence-corrected chi connectivity index (χ2v) is 4.63. The van der Waals surface area contributed by atoms with Crippen LogP contribution in [0.2, 0.25) is 0 Å². The number of fused-ring (bicyclic) bond motifs is 1. The zero-order chi connectivity index (χ0) is 13.8. The van der Waals surface area contributed by atoms with Crippen LogP contribution in [0.4, 0.5) is 10.5 Å². The van der Waals surface area contributed by atoms with Crippen molar-refractivity contribution < 1.29 is 9.53 Å². The van der Waals surface area contributed by atoms with E-state index in [4.69, 9.17) is 4.74 Å². The van der Waals surface area contributed by atoms with Crippen LogP contribution in [-0.2, 0) is 11.8 Å². The Kier molecular flexibility index (Phi) is 4.06. The Morgan fingerprint density at radius 1 is 1.42 bits per heavy atom. The topological polar surface area (TPSA) is 55.3 Å². The molecule has 1 aromatic carbocycles. The van der Waals surface area contributed by atoms with Gasteiger partial charge in [-0.05, 0) is 13.0 Å². The number of methoxy groups -OCH3 is 1. The molecule has 0 spiro atoms. The van der Waals surface area contributed by atoms with E-state index in [1.165, 1.54) is 0 Å². The largest absolute Gasteiger partial charge is 0.383 e. The molecule has 1 heterocycles. The molecule has 2 N–H and O–H groups in total. The number of carbonyl (C=O) groups excluding carboxylic acids is 1. The molecule has 0 saturated heterocycles. The summed E-state index contributed by atoms with van der Waals surface area (Å²) in [4.78, 5) is 11.9. The van der Waals surface area contributed by atoms with Crippen molar-refractivity contribution in [2.24, 2.45) is 7.05 Å². The highest BCUT2D eigenvalue weighted by Crippen LogP contribution is 2.24. The molecule has 5 nitrogen and oxygen atoms in total. The molecule has 0 radical (unpaired) electrons. The van der Waals surface area contributed by atoms with Gasteiger partial charge in [0.25, 0.3) is 0 Å². The first-order valence-electron chi connectivity index (χ1n) is 6.22. The highest BCUT2D eigenvalue weighted by atomic mass is 16.5. The highest BCUT2D eigenvalue weighted by molar-refractivity contribution is 6.01. The summed E-state index contributed by atoms with van der Waals surface area (Å²) in [6.45, 7) is 2.38. The van der Waals surface area contributed by atoms with Crippen LogP contribution in [0.1, 0.15) is 6.92 Å². The molecule has 0 unspecified atom stereocenters. The van der Waals surface area contributed by atoms with E-state index in [1.54, 1.807) is 7.11 Å². The summed E-state index contributed by atoms with van der Waals surface area (Å²) in [5, 5.41) is 6.71.